The molecule has 0 spiro atoms. The van der Waals surface area contributed by atoms with Gasteiger partial charge in [0.1, 0.15) is 5.82 Å². The number of benzene rings is 1. The van der Waals surface area contributed by atoms with Crippen LogP contribution < -0.4 is 0 Å². The summed E-state index contributed by atoms with van der Waals surface area (Å²) in [5.41, 5.74) is 1.43. The topological polar surface area (TPSA) is 61.7 Å². The van der Waals surface area contributed by atoms with E-state index in [4.69, 9.17) is 4.74 Å². The number of rotatable bonds is 2. The lowest BCUT2D eigenvalue weighted by molar-refractivity contribution is -0.0335. The van der Waals surface area contributed by atoms with E-state index >= 15 is 0 Å². The predicted molar refractivity (Wildman–Crippen MR) is 62.1 cm³/mol. The Balaban J connectivity index is 1.97. The monoisotopic (exact) mass is 225 g/mol. The smallest absolute Gasteiger partial charge is 0.161 e. The van der Waals surface area contributed by atoms with E-state index < -0.39 is 5.41 Å². The average Bonchev–Trinajstić information content (AvgIpc) is 2.80. The molecule has 1 fully saturated rings. The van der Waals surface area contributed by atoms with Crippen LogP contribution in [0.3, 0.4) is 0 Å². The fraction of sp³-hybridized carbons (Fsp3) is 0.231. The Labute approximate surface area is 98.9 Å². The van der Waals surface area contributed by atoms with E-state index in [0.29, 0.717) is 19.0 Å². The summed E-state index contributed by atoms with van der Waals surface area (Å²) in [5, 5.41) is 9.18. The zero-order valence-electron chi connectivity index (χ0n) is 9.18. The SMILES string of the molecule is N#CC1(c2ncc(-c3ccccc3)[nH]2)COC1. The molecule has 4 heteroatoms. The van der Waals surface area contributed by atoms with E-state index in [1.165, 1.54) is 0 Å². The maximum atomic E-state index is 9.18. The zero-order chi connectivity index (χ0) is 11.7. The van der Waals surface area contributed by atoms with Gasteiger partial charge in [-0.2, -0.15) is 5.26 Å². The Morgan fingerprint density at radius 1 is 1.29 bits per heavy atom. The van der Waals surface area contributed by atoms with E-state index in [1.54, 1.807) is 6.20 Å². The number of imidazole rings is 1. The molecule has 0 saturated carbocycles. The highest BCUT2D eigenvalue weighted by molar-refractivity contribution is 5.58. The molecule has 17 heavy (non-hydrogen) atoms. The largest absolute Gasteiger partial charge is 0.377 e. The van der Waals surface area contributed by atoms with Crippen molar-refractivity contribution < 1.29 is 4.74 Å². The van der Waals surface area contributed by atoms with Gasteiger partial charge in [-0.15, -0.1) is 0 Å². The summed E-state index contributed by atoms with van der Waals surface area (Å²) in [4.78, 5) is 7.51. The lowest BCUT2D eigenvalue weighted by Gasteiger charge is -2.32. The Bertz CT molecular complexity index is 564. The van der Waals surface area contributed by atoms with Crippen LogP contribution in [0, 0.1) is 11.3 Å². The summed E-state index contributed by atoms with van der Waals surface area (Å²) in [5.74, 6) is 0.699. The Morgan fingerprint density at radius 3 is 2.65 bits per heavy atom. The van der Waals surface area contributed by atoms with Crippen molar-refractivity contribution in [3.63, 3.8) is 0 Å². The maximum absolute atomic E-state index is 9.18. The van der Waals surface area contributed by atoms with Crippen molar-refractivity contribution in [2.24, 2.45) is 0 Å². The summed E-state index contributed by atoms with van der Waals surface area (Å²) >= 11 is 0. The van der Waals surface area contributed by atoms with Crippen molar-refractivity contribution >= 4 is 0 Å². The molecule has 2 aromatic rings. The standard InChI is InChI=1S/C13H11N3O/c14-7-13(8-17-9-13)12-15-6-11(16-12)10-4-2-1-3-5-10/h1-6H,8-9H2,(H,15,16). The first kappa shape index (κ1) is 10.1. The van der Waals surface area contributed by atoms with Crippen LogP contribution in [-0.4, -0.2) is 23.2 Å². The fourth-order valence-corrected chi connectivity index (χ4v) is 1.89. The summed E-state index contributed by atoms with van der Waals surface area (Å²) in [6, 6.07) is 12.2. The number of nitrogens with zero attached hydrogens (tertiary/aromatic N) is 2. The highest BCUT2D eigenvalue weighted by atomic mass is 16.5. The van der Waals surface area contributed by atoms with Crippen molar-refractivity contribution in [3.8, 4) is 17.3 Å². The first-order chi connectivity index (χ1) is 8.34. The normalized spacial score (nSPS) is 17.1. The van der Waals surface area contributed by atoms with Gasteiger partial charge in [-0.1, -0.05) is 30.3 Å². The molecular weight excluding hydrogens is 214 g/mol. The minimum atomic E-state index is -0.576. The third kappa shape index (κ3) is 1.52. The van der Waals surface area contributed by atoms with E-state index in [0.717, 1.165) is 11.3 Å². The van der Waals surface area contributed by atoms with E-state index in [9.17, 15) is 5.26 Å². The number of ether oxygens (including phenoxy) is 1. The molecular formula is C13H11N3O. The van der Waals surface area contributed by atoms with Gasteiger partial charge in [0.05, 0.1) is 31.2 Å². The average molecular weight is 225 g/mol. The van der Waals surface area contributed by atoms with Crippen molar-refractivity contribution in [2.45, 2.75) is 5.41 Å². The fourth-order valence-electron chi connectivity index (χ4n) is 1.89. The second-order valence-electron chi connectivity index (χ2n) is 4.20. The highest BCUT2D eigenvalue weighted by Gasteiger charge is 2.43. The number of nitrogens with one attached hydrogen (secondary N) is 1. The molecule has 1 aromatic heterocycles. The molecule has 0 atom stereocenters. The Morgan fingerprint density at radius 2 is 2.06 bits per heavy atom. The van der Waals surface area contributed by atoms with E-state index in [2.05, 4.69) is 16.0 Å². The van der Waals surface area contributed by atoms with Gasteiger partial charge < -0.3 is 9.72 Å². The van der Waals surface area contributed by atoms with Crippen LogP contribution >= 0.6 is 0 Å². The number of hydrogen-bond acceptors (Lipinski definition) is 3. The van der Waals surface area contributed by atoms with Gasteiger partial charge in [0, 0.05) is 0 Å². The molecule has 0 aliphatic carbocycles. The van der Waals surface area contributed by atoms with Crippen LogP contribution in [0.25, 0.3) is 11.3 Å². The summed E-state index contributed by atoms with van der Waals surface area (Å²) in [6.07, 6.45) is 1.77. The van der Waals surface area contributed by atoms with Crippen LogP contribution in [0.4, 0.5) is 0 Å². The van der Waals surface area contributed by atoms with Gasteiger partial charge in [-0.05, 0) is 5.56 Å². The molecule has 0 radical (unpaired) electrons. The summed E-state index contributed by atoms with van der Waals surface area (Å²) < 4.78 is 5.12. The third-order valence-corrected chi connectivity index (χ3v) is 3.02. The molecule has 1 saturated heterocycles. The Hall–Kier alpha value is -2.12. The van der Waals surface area contributed by atoms with Gasteiger partial charge >= 0.3 is 0 Å². The zero-order valence-corrected chi connectivity index (χ0v) is 9.18. The molecule has 3 rings (SSSR count). The van der Waals surface area contributed by atoms with Gasteiger partial charge in [-0.25, -0.2) is 4.98 Å². The molecule has 0 unspecified atom stereocenters. The molecule has 1 aliphatic heterocycles. The lowest BCUT2D eigenvalue weighted by atomic mass is 9.87. The van der Waals surface area contributed by atoms with Gasteiger partial charge in [0.2, 0.25) is 0 Å². The second-order valence-corrected chi connectivity index (χ2v) is 4.20. The molecule has 84 valence electrons. The summed E-state index contributed by atoms with van der Waals surface area (Å²) in [7, 11) is 0. The number of hydrogen-bond donors (Lipinski definition) is 1. The second kappa shape index (κ2) is 3.72. The van der Waals surface area contributed by atoms with Crippen LogP contribution in [0.2, 0.25) is 0 Å². The van der Waals surface area contributed by atoms with Crippen LogP contribution in [0.15, 0.2) is 36.5 Å². The van der Waals surface area contributed by atoms with Crippen molar-refractivity contribution in [3.05, 3.63) is 42.4 Å². The first-order valence-corrected chi connectivity index (χ1v) is 5.44. The number of aromatic amines is 1. The minimum absolute atomic E-state index is 0.422. The lowest BCUT2D eigenvalue weighted by Crippen LogP contribution is -2.46. The highest BCUT2D eigenvalue weighted by Crippen LogP contribution is 2.30. The first-order valence-electron chi connectivity index (χ1n) is 5.44. The van der Waals surface area contributed by atoms with Gasteiger partial charge in [-0.3, -0.25) is 0 Å². The predicted octanol–water partition coefficient (Wildman–Crippen LogP) is 1.87. The van der Waals surface area contributed by atoms with Crippen LogP contribution in [-0.2, 0) is 10.2 Å². The van der Waals surface area contributed by atoms with Crippen molar-refractivity contribution in [2.75, 3.05) is 13.2 Å². The molecule has 4 nitrogen and oxygen atoms in total. The van der Waals surface area contributed by atoms with E-state index in [1.807, 2.05) is 30.3 Å². The summed E-state index contributed by atoms with van der Waals surface area (Å²) in [6.45, 7) is 0.844. The van der Waals surface area contributed by atoms with Crippen molar-refractivity contribution in [1.29, 1.82) is 5.26 Å². The van der Waals surface area contributed by atoms with Crippen LogP contribution in [0.1, 0.15) is 5.82 Å². The molecule has 1 aromatic carbocycles. The van der Waals surface area contributed by atoms with Gasteiger partial charge in [0.25, 0.3) is 0 Å². The Kier molecular flexibility index (Phi) is 2.20. The van der Waals surface area contributed by atoms with Crippen LogP contribution in [0.5, 0.6) is 0 Å². The number of nitriles is 1. The van der Waals surface area contributed by atoms with Crippen molar-refractivity contribution in [1.82, 2.24) is 9.97 Å². The number of H-pyrrole nitrogens is 1. The quantitative estimate of drug-likeness (QED) is 0.848. The molecule has 1 aliphatic rings. The molecule has 0 amide bonds. The van der Waals surface area contributed by atoms with E-state index in [-0.39, 0.29) is 0 Å². The number of aromatic nitrogens is 2. The minimum Gasteiger partial charge on any atom is -0.377 e. The molecule has 0 bridgehead atoms. The molecule has 1 N–H and O–H groups in total. The maximum Gasteiger partial charge on any atom is 0.161 e. The molecule has 2 heterocycles. The van der Waals surface area contributed by atoms with Gasteiger partial charge in [0.15, 0.2) is 5.41 Å². The third-order valence-electron chi connectivity index (χ3n) is 3.02.